The molecular weight excluding hydrogens is 240 g/mol. The first-order valence-electron chi connectivity index (χ1n) is 6.18. The Kier molecular flexibility index (Phi) is 2.64. The van der Waals surface area contributed by atoms with Crippen LogP contribution in [0.3, 0.4) is 0 Å². The molecule has 0 amide bonds. The van der Waals surface area contributed by atoms with Crippen molar-refractivity contribution >= 4 is 5.78 Å². The molecule has 0 spiro atoms. The van der Waals surface area contributed by atoms with E-state index in [4.69, 9.17) is 4.74 Å². The molecule has 0 radical (unpaired) electrons. The number of benzene rings is 2. The fourth-order valence-electron chi connectivity index (χ4n) is 2.41. The summed E-state index contributed by atoms with van der Waals surface area (Å²) in [6.45, 7) is 1.50. The van der Waals surface area contributed by atoms with Crippen LogP contribution in [0.2, 0.25) is 0 Å². The molecule has 1 heterocycles. The van der Waals surface area contributed by atoms with Crippen LogP contribution in [0.5, 0.6) is 5.75 Å². The Bertz CT molecular complexity index is 617. The largest absolute Gasteiger partial charge is 0.481 e. The number of carbonyl (C=O) groups is 1. The van der Waals surface area contributed by atoms with Crippen LogP contribution < -0.4 is 4.74 Å². The van der Waals surface area contributed by atoms with Crippen molar-refractivity contribution < 1.29 is 14.6 Å². The first kappa shape index (κ1) is 11.9. The summed E-state index contributed by atoms with van der Waals surface area (Å²) in [5.74, 6) is 0.219. The first-order valence-corrected chi connectivity index (χ1v) is 6.18. The molecule has 1 aliphatic heterocycles. The first-order chi connectivity index (χ1) is 9.10. The lowest BCUT2D eigenvalue weighted by molar-refractivity contribution is -0.0379. The summed E-state index contributed by atoms with van der Waals surface area (Å²) in [7, 11) is 0. The summed E-state index contributed by atoms with van der Waals surface area (Å²) >= 11 is 0. The van der Waals surface area contributed by atoms with E-state index in [1.165, 1.54) is 6.92 Å². The normalized spacial score (nSPS) is 25.6. The quantitative estimate of drug-likeness (QED) is 0.851. The van der Waals surface area contributed by atoms with Gasteiger partial charge in [0.05, 0.1) is 5.56 Å². The van der Waals surface area contributed by atoms with Gasteiger partial charge in [-0.15, -0.1) is 0 Å². The van der Waals surface area contributed by atoms with Gasteiger partial charge in [0.25, 0.3) is 0 Å². The number of ether oxygens (including phenoxy) is 1. The van der Waals surface area contributed by atoms with Crippen LogP contribution >= 0.6 is 0 Å². The van der Waals surface area contributed by atoms with Gasteiger partial charge in [0.15, 0.2) is 11.7 Å². The second-order valence-electron chi connectivity index (χ2n) is 4.88. The van der Waals surface area contributed by atoms with Gasteiger partial charge >= 0.3 is 0 Å². The summed E-state index contributed by atoms with van der Waals surface area (Å²) in [4.78, 5) is 12.4. The molecule has 1 N–H and O–H groups in total. The molecular formula is C16H14O3. The molecule has 0 saturated heterocycles. The van der Waals surface area contributed by atoms with Crippen molar-refractivity contribution in [3.63, 3.8) is 0 Å². The number of para-hydroxylation sites is 1. The molecule has 0 aromatic heterocycles. The highest BCUT2D eigenvalue weighted by molar-refractivity contribution is 6.05. The maximum absolute atomic E-state index is 12.4. The number of Topliss-reactive ketones (excluding diaryl/α,β-unsaturated/α-hetero) is 1. The maximum atomic E-state index is 12.4. The molecule has 19 heavy (non-hydrogen) atoms. The SMILES string of the molecule is C[C@]1(O)C(=O)c2ccccc2O[C@@H]1c1ccccc1. The minimum absolute atomic E-state index is 0.303. The van der Waals surface area contributed by atoms with Crippen molar-refractivity contribution in [3.8, 4) is 5.75 Å². The summed E-state index contributed by atoms with van der Waals surface area (Å²) in [6.07, 6.45) is -0.684. The predicted molar refractivity (Wildman–Crippen MR) is 71.2 cm³/mol. The van der Waals surface area contributed by atoms with Crippen molar-refractivity contribution in [2.75, 3.05) is 0 Å². The van der Waals surface area contributed by atoms with E-state index < -0.39 is 11.7 Å². The van der Waals surface area contributed by atoms with Crippen molar-refractivity contribution in [2.45, 2.75) is 18.6 Å². The van der Waals surface area contributed by atoms with Gasteiger partial charge in [-0.2, -0.15) is 0 Å². The number of ketones is 1. The molecule has 2 aromatic carbocycles. The van der Waals surface area contributed by atoms with Gasteiger partial charge < -0.3 is 9.84 Å². The standard InChI is InChI=1S/C16H14O3/c1-16(18)14(17)12-9-5-6-10-13(12)19-15(16)11-7-3-2-4-8-11/h2-10,15,18H,1H3/t15-,16+/m1/s1. The highest BCUT2D eigenvalue weighted by Crippen LogP contribution is 2.40. The van der Waals surface area contributed by atoms with E-state index in [-0.39, 0.29) is 5.78 Å². The number of fused-ring (bicyclic) bond motifs is 1. The van der Waals surface area contributed by atoms with Crippen molar-refractivity contribution in [1.29, 1.82) is 0 Å². The van der Waals surface area contributed by atoms with Crippen LogP contribution in [0.4, 0.5) is 0 Å². The van der Waals surface area contributed by atoms with Gasteiger partial charge in [0.2, 0.25) is 5.78 Å². The van der Waals surface area contributed by atoms with E-state index >= 15 is 0 Å². The number of carbonyl (C=O) groups excluding carboxylic acids is 1. The lowest BCUT2D eigenvalue weighted by Gasteiger charge is -2.37. The third kappa shape index (κ3) is 1.83. The van der Waals surface area contributed by atoms with Crippen LogP contribution in [0, 0.1) is 0 Å². The smallest absolute Gasteiger partial charge is 0.201 e. The number of rotatable bonds is 1. The molecule has 1 aliphatic rings. The Morgan fingerprint density at radius 3 is 2.42 bits per heavy atom. The zero-order chi connectivity index (χ0) is 13.5. The Balaban J connectivity index is 2.11. The van der Waals surface area contributed by atoms with Gasteiger partial charge in [-0.1, -0.05) is 42.5 Å². The predicted octanol–water partition coefficient (Wildman–Crippen LogP) is 2.75. The lowest BCUT2D eigenvalue weighted by Crippen LogP contribution is -2.47. The van der Waals surface area contributed by atoms with Gasteiger partial charge in [-0.05, 0) is 24.6 Å². The minimum atomic E-state index is -1.56. The molecule has 3 heteroatoms. The fraction of sp³-hybridized carbons (Fsp3) is 0.188. The molecule has 0 unspecified atom stereocenters. The van der Waals surface area contributed by atoms with E-state index in [9.17, 15) is 9.90 Å². The average molecular weight is 254 g/mol. The number of hydrogen-bond donors (Lipinski definition) is 1. The zero-order valence-corrected chi connectivity index (χ0v) is 10.5. The molecule has 0 fully saturated rings. The molecule has 96 valence electrons. The van der Waals surface area contributed by atoms with Gasteiger partial charge in [-0.3, -0.25) is 4.79 Å². The summed E-state index contributed by atoms with van der Waals surface area (Å²) < 4.78 is 5.83. The summed E-state index contributed by atoms with van der Waals surface area (Å²) in [5, 5.41) is 10.5. The van der Waals surface area contributed by atoms with Crippen LogP contribution in [0.1, 0.15) is 28.9 Å². The number of hydrogen-bond acceptors (Lipinski definition) is 3. The minimum Gasteiger partial charge on any atom is -0.481 e. The van der Waals surface area contributed by atoms with Crippen molar-refractivity contribution in [3.05, 3.63) is 65.7 Å². The fourth-order valence-corrected chi connectivity index (χ4v) is 2.41. The van der Waals surface area contributed by atoms with Crippen LogP contribution in [-0.4, -0.2) is 16.5 Å². The Hall–Kier alpha value is -2.13. The van der Waals surface area contributed by atoms with E-state index in [0.717, 1.165) is 5.56 Å². The van der Waals surface area contributed by atoms with Gasteiger partial charge in [0, 0.05) is 0 Å². The highest BCUT2D eigenvalue weighted by atomic mass is 16.5. The monoisotopic (exact) mass is 254 g/mol. The topological polar surface area (TPSA) is 46.5 Å². The second-order valence-corrected chi connectivity index (χ2v) is 4.88. The van der Waals surface area contributed by atoms with Crippen LogP contribution in [0.25, 0.3) is 0 Å². The molecule has 2 aromatic rings. The summed E-state index contributed by atoms with van der Waals surface area (Å²) in [6, 6.07) is 16.3. The van der Waals surface area contributed by atoms with Crippen molar-refractivity contribution in [1.82, 2.24) is 0 Å². The average Bonchev–Trinajstić information content (AvgIpc) is 2.44. The second kappa shape index (κ2) is 4.21. The van der Waals surface area contributed by atoms with Crippen LogP contribution in [0.15, 0.2) is 54.6 Å². The van der Waals surface area contributed by atoms with Gasteiger partial charge in [-0.25, -0.2) is 0 Å². The van der Waals surface area contributed by atoms with Gasteiger partial charge in [0.1, 0.15) is 5.75 Å². The molecule has 0 saturated carbocycles. The summed E-state index contributed by atoms with van der Waals surface area (Å²) in [5.41, 5.74) is -0.342. The van der Waals surface area contributed by atoms with E-state index in [2.05, 4.69) is 0 Å². The molecule has 0 aliphatic carbocycles. The van der Waals surface area contributed by atoms with E-state index in [0.29, 0.717) is 11.3 Å². The third-order valence-electron chi connectivity index (χ3n) is 3.45. The van der Waals surface area contributed by atoms with E-state index in [1.807, 2.05) is 36.4 Å². The Morgan fingerprint density at radius 2 is 1.68 bits per heavy atom. The van der Waals surface area contributed by atoms with Crippen molar-refractivity contribution in [2.24, 2.45) is 0 Å². The molecule has 0 bridgehead atoms. The number of aliphatic hydroxyl groups is 1. The third-order valence-corrected chi connectivity index (χ3v) is 3.45. The zero-order valence-electron chi connectivity index (χ0n) is 10.5. The molecule has 2 atom stereocenters. The highest BCUT2D eigenvalue weighted by Gasteiger charge is 2.47. The maximum Gasteiger partial charge on any atom is 0.201 e. The Labute approximate surface area is 111 Å². The van der Waals surface area contributed by atoms with Crippen LogP contribution in [-0.2, 0) is 0 Å². The Morgan fingerprint density at radius 1 is 1.05 bits per heavy atom. The lowest BCUT2D eigenvalue weighted by atomic mass is 9.83. The van der Waals surface area contributed by atoms with E-state index in [1.54, 1.807) is 18.2 Å². The molecule has 3 rings (SSSR count). The molecule has 3 nitrogen and oxygen atoms in total.